The largest absolute Gasteiger partial charge is 0.456 e. The lowest BCUT2D eigenvalue weighted by molar-refractivity contribution is -0.156. The summed E-state index contributed by atoms with van der Waals surface area (Å²) >= 11 is 0. The molecular formula is C6H10O4. The van der Waals surface area contributed by atoms with E-state index in [0.29, 0.717) is 0 Å². The smallest absolute Gasteiger partial charge is 0.370 e. The number of ether oxygens (including phenoxy) is 1. The summed E-state index contributed by atoms with van der Waals surface area (Å²) in [5.41, 5.74) is -0.466. The molecule has 0 saturated carbocycles. The average molecular weight is 146 g/mol. The summed E-state index contributed by atoms with van der Waals surface area (Å²) in [5, 5.41) is 0. The normalized spacial score (nSPS) is 18.7. The molecule has 0 radical (unpaired) electrons. The molecule has 58 valence electrons. The predicted octanol–water partition coefficient (Wildman–Crippen LogP) is 0.616. The first-order valence-electron chi connectivity index (χ1n) is 3.04. The summed E-state index contributed by atoms with van der Waals surface area (Å²) < 4.78 is 4.87. The highest BCUT2D eigenvalue weighted by atomic mass is 17.4. The van der Waals surface area contributed by atoms with Gasteiger partial charge >= 0.3 is 12.3 Å². The van der Waals surface area contributed by atoms with E-state index >= 15 is 0 Å². The van der Waals surface area contributed by atoms with Crippen LogP contribution in [0.1, 0.15) is 20.8 Å². The second kappa shape index (κ2) is 2.21. The molecule has 1 aliphatic heterocycles. The Kier molecular flexibility index (Phi) is 1.66. The van der Waals surface area contributed by atoms with E-state index in [1.165, 1.54) is 0 Å². The van der Waals surface area contributed by atoms with Crippen molar-refractivity contribution in [2.24, 2.45) is 0 Å². The number of carbonyl (C=O) groups excluding carboxylic acids is 1. The third-order valence-corrected chi connectivity index (χ3v) is 0.792. The van der Waals surface area contributed by atoms with Crippen LogP contribution in [0.4, 0.5) is 0 Å². The highest BCUT2D eigenvalue weighted by molar-refractivity contribution is 5.74. The maximum Gasteiger partial charge on any atom is 0.370 e. The minimum Gasteiger partial charge on any atom is -0.456 e. The molecule has 10 heavy (non-hydrogen) atoms. The molecule has 0 spiro atoms. The molecule has 1 aliphatic rings. The number of hydrogen-bond donors (Lipinski definition) is 0. The lowest BCUT2D eigenvalue weighted by atomic mass is 10.2. The fourth-order valence-corrected chi connectivity index (χ4v) is 0.456. The van der Waals surface area contributed by atoms with Gasteiger partial charge in [0.1, 0.15) is 5.60 Å². The van der Waals surface area contributed by atoms with E-state index in [9.17, 15) is 4.79 Å². The van der Waals surface area contributed by atoms with Crippen LogP contribution in [0.15, 0.2) is 0 Å². The van der Waals surface area contributed by atoms with Crippen LogP contribution in [0.5, 0.6) is 0 Å². The third kappa shape index (κ3) is 2.33. The third-order valence-electron chi connectivity index (χ3n) is 0.792. The van der Waals surface area contributed by atoms with Gasteiger partial charge in [-0.25, -0.2) is 4.79 Å². The summed E-state index contributed by atoms with van der Waals surface area (Å²) in [7, 11) is 0. The average Bonchev–Trinajstić information content (AvgIpc) is 2.35. The summed E-state index contributed by atoms with van der Waals surface area (Å²) in [4.78, 5) is 19.2. The van der Waals surface area contributed by atoms with E-state index in [-0.39, 0.29) is 0 Å². The molecule has 1 heterocycles. The zero-order valence-electron chi connectivity index (χ0n) is 6.21. The van der Waals surface area contributed by atoms with Crippen LogP contribution in [-0.2, 0) is 19.3 Å². The molecule has 0 aromatic carbocycles. The van der Waals surface area contributed by atoms with Crippen LogP contribution in [0.3, 0.4) is 0 Å². The second-order valence-electron chi connectivity index (χ2n) is 3.06. The minimum absolute atomic E-state index is 0.465. The summed E-state index contributed by atoms with van der Waals surface area (Å²) in [6.07, 6.45) is -0.778. The molecule has 4 heteroatoms. The molecular weight excluding hydrogens is 136 g/mol. The van der Waals surface area contributed by atoms with E-state index in [0.717, 1.165) is 0 Å². The first kappa shape index (κ1) is 7.50. The molecule has 0 bridgehead atoms. The maximum atomic E-state index is 10.7. The van der Waals surface area contributed by atoms with Crippen molar-refractivity contribution in [1.82, 2.24) is 0 Å². The molecule has 0 aliphatic carbocycles. The minimum atomic E-state index is -0.778. The Bertz CT molecular complexity index is 142. The van der Waals surface area contributed by atoms with E-state index < -0.39 is 17.9 Å². The Balaban J connectivity index is 2.30. The standard InChI is InChI=1S/C6H10O4/c1-6(2,3)8-4(7)5-9-10-5/h5H,1-3H3. The molecule has 0 aromatic heterocycles. The molecule has 1 fully saturated rings. The van der Waals surface area contributed by atoms with Crippen molar-refractivity contribution in [3.05, 3.63) is 0 Å². The predicted molar refractivity (Wildman–Crippen MR) is 31.8 cm³/mol. The van der Waals surface area contributed by atoms with Gasteiger partial charge in [0.05, 0.1) is 0 Å². The Morgan fingerprint density at radius 1 is 1.40 bits per heavy atom. The highest BCUT2D eigenvalue weighted by Gasteiger charge is 2.38. The van der Waals surface area contributed by atoms with Gasteiger partial charge < -0.3 is 4.74 Å². The van der Waals surface area contributed by atoms with Crippen molar-refractivity contribution in [2.75, 3.05) is 0 Å². The molecule has 4 nitrogen and oxygen atoms in total. The first-order valence-corrected chi connectivity index (χ1v) is 3.04. The monoisotopic (exact) mass is 146 g/mol. The summed E-state index contributed by atoms with van der Waals surface area (Å²) in [5.74, 6) is -0.465. The van der Waals surface area contributed by atoms with Gasteiger partial charge in [0.2, 0.25) is 0 Å². The van der Waals surface area contributed by atoms with Crippen molar-refractivity contribution in [1.29, 1.82) is 0 Å². The zero-order valence-corrected chi connectivity index (χ0v) is 6.21. The topological polar surface area (TPSA) is 51.4 Å². The number of esters is 1. The molecule has 0 unspecified atom stereocenters. The van der Waals surface area contributed by atoms with Gasteiger partial charge in [-0.1, -0.05) is 0 Å². The maximum absolute atomic E-state index is 10.7. The zero-order chi connectivity index (χ0) is 7.78. The molecule has 1 saturated heterocycles. The van der Waals surface area contributed by atoms with E-state index in [1.807, 2.05) is 0 Å². The lowest BCUT2D eigenvalue weighted by Crippen LogP contribution is -2.26. The van der Waals surface area contributed by atoms with Gasteiger partial charge in [0.15, 0.2) is 0 Å². The SMILES string of the molecule is CC(C)(C)OC(=O)C1OO1. The van der Waals surface area contributed by atoms with Gasteiger partial charge in [0.25, 0.3) is 0 Å². The van der Waals surface area contributed by atoms with Crippen molar-refractivity contribution in [3.63, 3.8) is 0 Å². The van der Waals surface area contributed by atoms with Gasteiger partial charge in [-0.3, -0.25) is 0 Å². The molecule has 0 amide bonds. The second-order valence-corrected chi connectivity index (χ2v) is 3.06. The van der Waals surface area contributed by atoms with E-state index in [4.69, 9.17) is 4.74 Å². The summed E-state index contributed by atoms with van der Waals surface area (Å²) in [6, 6.07) is 0. The van der Waals surface area contributed by atoms with Crippen LogP contribution < -0.4 is 0 Å². The van der Waals surface area contributed by atoms with Crippen molar-refractivity contribution in [3.8, 4) is 0 Å². The fourth-order valence-electron chi connectivity index (χ4n) is 0.456. The Morgan fingerprint density at radius 3 is 2.20 bits per heavy atom. The van der Waals surface area contributed by atoms with Crippen LogP contribution >= 0.6 is 0 Å². The molecule has 0 aromatic rings. The fraction of sp³-hybridized carbons (Fsp3) is 0.833. The Labute approximate surface area is 59.0 Å². The molecule has 0 N–H and O–H groups in total. The quantitative estimate of drug-likeness (QED) is 0.309. The lowest BCUT2D eigenvalue weighted by Gasteiger charge is -2.17. The first-order chi connectivity index (χ1) is 4.49. The molecule has 0 atom stereocenters. The van der Waals surface area contributed by atoms with Gasteiger partial charge in [-0.2, -0.15) is 9.78 Å². The van der Waals surface area contributed by atoms with Crippen LogP contribution in [0, 0.1) is 0 Å². The van der Waals surface area contributed by atoms with Gasteiger partial charge in [0, 0.05) is 0 Å². The van der Waals surface area contributed by atoms with Crippen LogP contribution in [0.25, 0.3) is 0 Å². The van der Waals surface area contributed by atoms with Crippen molar-refractivity contribution < 1.29 is 19.3 Å². The van der Waals surface area contributed by atoms with Gasteiger partial charge in [-0.05, 0) is 20.8 Å². The van der Waals surface area contributed by atoms with Crippen molar-refractivity contribution >= 4 is 5.97 Å². The van der Waals surface area contributed by atoms with Gasteiger partial charge in [-0.15, -0.1) is 0 Å². The number of carbonyl (C=O) groups is 1. The van der Waals surface area contributed by atoms with Crippen molar-refractivity contribution in [2.45, 2.75) is 32.7 Å². The number of hydrogen-bond acceptors (Lipinski definition) is 4. The van der Waals surface area contributed by atoms with Crippen LogP contribution in [-0.4, -0.2) is 17.9 Å². The Morgan fingerprint density at radius 2 is 1.90 bits per heavy atom. The van der Waals surface area contributed by atoms with Crippen LogP contribution in [0.2, 0.25) is 0 Å². The Hall–Kier alpha value is -0.610. The van der Waals surface area contributed by atoms with E-state index in [1.54, 1.807) is 20.8 Å². The van der Waals surface area contributed by atoms with E-state index in [2.05, 4.69) is 9.78 Å². The highest BCUT2D eigenvalue weighted by Crippen LogP contribution is 2.17. The molecule has 1 rings (SSSR count). The summed E-state index contributed by atoms with van der Waals surface area (Å²) in [6.45, 7) is 5.36. The number of rotatable bonds is 1.